The van der Waals surface area contributed by atoms with E-state index in [1.807, 2.05) is 18.2 Å². The fourth-order valence-corrected chi connectivity index (χ4v) is 3.42. The number of hydrogen-bond donors (Lipinski definition) is 3. The first-order valence-corrected chi connectivity index (χ1v) is 8.63. The van der Waals surface area contributed by atoms with Gasteiger partial charge in [-0.15, -0.1) is 0 Å². The number of carbonyl (C=O) groups excluding carboxylic acids is 1. The standard InChI is InChI=1S/C17H23N3O2S/c1-10-5-3-4-6-13(10)20-17(23)18-12-7-8-15-14(9-12)19-16(21)11(2)22-15/h7-11,13H,3-6H2,1-2H3,(H,19,21)(H2,18,20,23)/t10-,11-,13+/m0/s1. The first kappa shape index (κ1) is 16.1. The highest BCUT2D eigenvalue weighted by Gasteiger charge is 2.24. The van der Waals surface area contributed by atoms with Crippen LogP contribution in [0.25, 0.3) is 0 Å². The summed E-state index contributed by atoms with van der Waals surface area (Å²) in [6.07, 6.45) is 4.51. The molecule has 23 heavy (non-hydrogen) atoms. The molecule has 0 unspecified atom stereocenters. The molecule has 1 saturated carbocycles. The van der Waals surface area contributed by atoms with Crippen molar-refractivity contribution in [1.82, 2.24) is 5.32 Å². The largest absolute Gasteiger partial charge is 0.479 e. The molecule has 124 valence electrons. The molecule has 3 atom stereocenters. The summed E-state index contributed by atoms with van der Waals surface area (Å²) in [5, 5.41) is 10.1. The van der Waals surface area contributed by atoms with E-state index in [2.05, 4.69) is 22.9 Å². The number of thiocarbonyl (C=S) groups is 1. The average molecular weight is 333 g/mol. The third-order valence-electron chi connectivity index (χ3n) is 4.60. The number of nitrogens with one attached hydrogen (secondary N) is 3. The molecule has 5 nitrogen and oxygen atoms in total. The van der Waals surface area contributed by atoms with Crippen LogP contribution in [0.2, 0.25) is 0 Å². The Kier molecular flexibility index (Phi) is 4.71. The predicted octanol–water partition coefficient (Wildman–Crippen LogP) is 3.27. The van der Waals surface area contributed by atoms with E-state index in [4.69, 9.17) is 17.0 Å². The number of ether oxygens (including phenoxy) is 1. The van der Waals surface area contributed by atoms with E-state index in [1.54, 1.807) is 6.92 Å². The summed E-state index contributed by atoms with van der Waals surface area (Å²) in [5.74, 6) is 1.19. The van der Waals surface area contributed by atoms with Crippen LogP contribution in [0.3, 0.4) is 0 Å². The molecule has 0 bridgehead atoms. The quantitative estimate of drug-likeness (QED) is 0.725. The first-order chi connectivity index (χ1) is 11.0. The second-order valence-electron chi connectivity index (χ2n) is 6.43. The average Bonchev–Trinajstić information content (AvgIpc) is 2.51. The highest BCUT2D eigenvalue weighted by Crippen LogP contribution is 2.32. The van der Waals surface area contributed by atoms with Crippen LogP contribution in [0.4, 0.5) is 11.4 Å². The van der Waals surface area contributed by atoms with Gasteiger partial charge in [0.2, 0.25) is 0 Å². The van der Waals surface area contributed by atoms with E-state index < -0.39 is 6.10 Å². The normalized spacial score (nSPS) is 26.5. The summed E-state index contributed by atoms with van der Waals surface area (Å²) in [4.78, 5) is 11.7. The number of anilines is 2. The van der Waals surface area contributed by atoms with Crippen LogP contribution >= 0.6 is 12.2 Å². The van der Waals surface area contributed by atoms with Crippen molar-refractivity contribution >= 4 is 34.6 Å². The van der Waals surface area contributed by atoms with Crippen molar-refractivity contribution in [3.05, 3.63) is 18.2 Å². The maximum Gasteiger partial charge on any atom is 0.265 e. The number of carbonyl (C=O) groups is 1. The van der Waals surface area contributed by atoms with E-state index in [0.717, 1.165) is 12.1 Å². The fourth-order valence-electron chi connectivity index (χ4n) is 3.15. The molecule has 0 saturated heterocycles. The van der Waals surface area contributed by atoms with Crippen LogP contribution in [0.1, 0.15) is 39.5 Å². The SMILES string of the molecule is C[C@@H]1Oc2ccc(NC(=S)N[C@@H]3CCCC[C@@H]3C)cc2NC1=O. The van der Waals surface area contributed by atoms with Crippen molar-refractivity contribution in [2.45, 2.75) is 51.7 Å². The highest BCUT2D eigenvalue weighted by atomic mass is 32.1. The minimum atomic E-state index is -0.461. The number of fused-ring (bicyclic) bond motifs is 1. The second kappa shape index (κ2) is 6.74. The lowest BCUT2D eigenvalue weighted by molar-refractivity contribution is -0.122. The number of benzene rings is 1. The molecule has 1 heterocycles. The van der Waals surface area contributed by atoms with Gasteiger partial charge in [0.05, 0.1) is 5.69 Å². The molecular weight excluding hydrogens is 310 g/mol. The Labute approximate surface area is 142 Å². The van der Waals surface area contributed by atoms with E-state index in [-0.39, 0.29) is 5.91 Å². The Hall–Kier alpha value is -1.82. The molecular formula is C17H23N3O2S. The summed E-state index contributed by atoms with van der Waals surface area (Å²) < 4.78 is 5.55. The molecule has 0 aromatic heterocycles. The third-order valence-corrected chi connectivity index (χ3v) is 4.82. The van der Waals surface area contributed by atoms with Crippen LogP contribution in [-0.2, 0) is 4.79 Å². The molecule has 3 rings (SSSR count). The molecule has 0 spiro atoms. The molecule has 6 heteroatoms. The first-order valence-electron chi connectivity index (χ1n) is 8.22. The Balaban J connectivity index is 1.63. The van der Waals surface area contributed by atoms with Crippen molar-refractivity contribution in [3.63, 3.8) is 0 Å². The fraction of sp³-hybridized carbons (Fsp3) is 0.529. The molecule has 2 aliphatic rings. The monoisotopic (exact) mass is 333 g/mol. The zero-order valence-electron chi connectivity index (χ0n) is 13.5. The summed E-state index contributed by atoms with van der Waals surface area (Å²) >= 11 is 5.43. The van der Waals surface area contributed by atoms with Crippen molar-refractivity contribution < 1.29 is 9.53 Å². The van der Waals surface area contributed by atoms with Crippen molar-refractivity contribution in [2.75, 3.05) is 10.6 Å². The van der Waals surface area contributed by atoms with Crippen LogP contribution in [0, 0.1) is 5.92 Å². The number of rotatable bonds is 2. The van der Waals surface area contributed by atoms with Gasteiger partial charge in [-0.1, -0.05) is 19.8 Å². The van der Waals surface area contributed by atoms with Gasteiger partial charge >= 0.3 is 0 Å². The van der Waals surface area contributed by atoms with Crippen molar-refractivity contribution in [2.24, 2.45) is 5.92 Å². The smallest absolute Gasteiger partial charge is 0.265 e. The van der Waals surface area contributed by atoms with Crippen molar-refractivity contribution in [1.29, 1.82) is 0 Å². The van der Waals surface area contributed by atoms with Gasteiger partial charge in [-0.3, -0.25) is 4.79 Å². The van der Waals surface area contributed by atoms with Crippen LogP contribution in [-0.4, -0.2) is 23.2 Å². The molecule has 3 N–H and O–H groups in total. The Morgan fingerprint density at radius 1 is 1.30 bits per heavy atom. The Morgan fingerprint density at radius 2 is 2.09 bits per heavy atom. The van der Waals surface area contributed by atoms with Gasteiger partial charge in [-0.2, -0.15) is 0 Å². The van der Waals surface area contributed by atoms with Gasteiger partial charge in [0, 0.05) is 11.7 Å². The van der Waals surface area contributed by atoms with Gasteiger partial charge in [0.25, 0.3) is 5.91 Å². The molecule has 0 radical (unpaired) electrons. The minimum Gasteiger partial charge on any atom is -0.479 e. The van der Waals surface area contributed by atoms with E-state index >= 15 is 0 Å². The topological polar surface area (TPSA) is 62.4 Å². The molecule has 1 aromatic carbocycles. The zero-order chi connectivity index (χ0) is 16.4. The van der Waals surface area contributed by atoms with Gasteiger partial charge in [-0.25, -0.2) is 0 Å². The van der Waals surface area contributed by atoms with Crippen LogP contribution in [0.15, 0.2) is 18.2 Å². The summed E-state index contributed by atoms with van der Waals surface area (Å²) in [7, 11) is 0. The second-order valence-corrected chi connectivity index (χ2v) is 6.84. The van der Waals surface area contributed by atoms with E-state index in [1.165, 1.54) is 19.3 Å². The molecule has 1 amide bonds. The Bertz CT molecular complexity index is 620. The van der Waals surface area contributed by atoms with Gasteiger partial charge in [0.15, 0.2) is 11.2 Å². The molecule has 1 fully saturated rings. The summed E-state index contributed by atoms with van der Waals surface area (Å²) in [5.41, 5.74) is 1.51. The lowest BCUT2D eigenvalue weighted by Gasteiger charge is -2.30. The molecule has 1 aromatic rings. The number of amides is 1. The lowest BCUT2D eigenvalue weighted by Crippen LogP contribution is -2.43. The van der Waals surface area contributed by atoms with Gasteiger partial charge in [0.1, 0.15) is 5.75 Å². The van der Waals surface area contributed by atoms with Crippen LogP contribution < -0.4 is 20.7 Å². The molecule has 1 aliphatic carbocycles. The van der Waals surface area contributed by atoms with Crippen LogP contribution in [0.5, 0.6) is 5.75 Å². The molecule has 1 aliphatic heterocycles. The van der Waals surface area contributed by atoms with E-state index in [0.29, 0.717) is 28.5 Å². The Morgan fingerprint density at radius 3 is 2.87 bits per heavy atom. The van der Waals surface area contributed by atoms with Gasteiger partial charge < -0.3 is 20.7 Å². The number of hydrogen-bond acceptors (Lipinski definition) is 3. The maximum absolute atomic E-state index is 11.7. The summed E-state index contributed by atoms with van der Waals surface area (Å²) in [6.45, 7) is 4.00. The maximum atomic E-state index is 11.7. The lowest BCUT2D eigenvalue weighted by atomic mass is 9.86. The van der Waals surface area contributed by atoms with Gasteiger partial charge in [-0.05, 0) is 56.1 Å². The highest BCUT2D eigenvalue weighted by molar-refractivity contribution is 7.80. The predicted molar refractivity (Wildman–Crippen MR) is 95.9 cm³/mol. The van der Waals surface area contributed by atoms with E-state index in [9.17, 15) is 4.79 Å². The zero-order valence-corrected chi connectivity index (χ0v) is 14.3. The minimum absolute atomic E-state index is 0.133. The third kappa shape index (κ3) is 3.75. The van der Waals surface area contributed by atoms with Crippen molar-refractivity contribution in [3.8, 4) is 5.75 Å². The summed E-state index contributed by atoms with van der Waals surface area (Å²) in [6, 6.07) is 6.03.